The van der Waals surface area contributed by atoms with Gasteiger partial charge in [-0.1, -0.05) is 6.07 Å². The Morgan fingerprint density at radius 1 is 1.26 bits per heavy atom. The first-order valence-corrected chi connectivity index (χ1v) is 7.37. The SMILES string of the molecule is Nc1cccnc1S(=O)(=O)Nc1c(F)cccc1Br. The second kappa shape index (κ2) is 5.14. The molecule has 0 bridgehead atoms. The van der Waals surface area contributed by atoms with Crippen LogP contribution in [0.1, 0.15) is 0 Å². The van der Waals surface area contributed by atoms with Gasteiger partial charge in [0.25, 0.3) is 10.0 Å². The van der Waals surface area contributed by atoms with Gasteiger partial charge in [-0.15, -0.1) is 0 Å². The smallest absolute Gasteiger partial charge is 0.281 e. The second-order valence-electron chi connectivity index (χ2n) is 3.60. The number of hydrogen-bond acceptors (Lipinski definition) is 4. The van der Waals surface area contributed by atoms with Gasteiger partial charge in [0.05, 0.1) is 11.4 Å². The van der Waals surface area contributed by atoms with Crippen molar-refractivity contribution >= 4 is 37.3 Å². The van der Waals surface area contributed by atoms with Crippen LogP contribution in [-0.4, -0.2) is 13.4 Å². The Morgan fingerprint density at radius 3 is 2.63 bits per heavy atom. The topological polar surface area (TPSA) is 85.1 Å². The summed E-state index contributed by atoms with van der Waals surface area (Å²) in [6.45, 7) is 0. The van der Waals surface area contributed by atoms with Crippen molar-refractivity contribution < 1.29 is 12.8 Å². The monoisotopic (exact) mass is 345 g/mol. The van der Waals surface area contributed by atoms with Crippen molar-refractivity contribution in [2.24, 2.45) is 0 Å². The van der Waals surface area contributed by atoms with Crippen LogP contribution in [0.5, 0.6) is 0 Å². The number of hydrogen-bond donors (Lipinski definition) is 2. The quantitative estimate of drug-likeness (QED) is 0.894. The van der Waals surface area contributed by atoms with E-state index in [4.69, 9.17) is 5.73 Å². The number of benzene rings is 1. The number of pyridine rings is 1. The largest absolute Gasteiger partial charge is 0.396 e. The Labute approximate surface area is 117 Å². The molecule has 0 fully saturated rings. The van der Waals surface area contributed by atoms with Crippen LogP contribution in [0.4, 0.5) is 15.8 Å². The summed E-state index contributed by atoms with van der Waals surface area (Å²) in [5.41, 5.74) is 5.35. The highest BCUT2D eigenvalue weighted by Gasteiger charge is 2.21. The van der Waals surface area contributed by atoms with Gasteiger partial charge in [-0.2, -0.15) is 8.42 Å². The van der Waals surface area contributed by atoms with Gasteiger partial charge in [-0.05, 0) is 40.2 Å². The fourth-order valence-corrected chi connectivity index (χ4v) is 3.13. The van der Waals surface area contributed by atoms with Gasteiger partial charge in [-0.25, -0.2) is 9.37 Å². The van der Waals surface area contributed by atoms with Crippen LogP contribution in [0.2, 0.25) is 0 Å². The molecular weight excluding hydrogens is 337 g/mol. The summed E-state index contributed by atoms with van der Waals surface area (Å²) in [5.74, 6) is -0.701. The Balaban J connectivity index is 2.46. The first-order valence-electron chi connectivity index (χ1n) is 5.09. The fraction of sp³-hybridized carbons (Fsp3) is 0. The average Bonchev–Trinajstić information content (AvgIpc) is 2.34. The van der Waals surface area contributed by atoms with E-state index in [-0.39, 0.29) is 20.9 Å². The summed E-state index contributed by atoms with van der Waals surface area (Å²) in [5, 5.41) is -0.342. The number of rotatable bonds is 3. The van der Waals surface area contributed by atoms with E-state index in [1.54, 1.807) is 0 Å². The molecule has 100 valence electrons. The number of halogens is 2. The molecule has 1 aromatic heterocycles. The Morgan fingerprint density at radius 2 is 2.00 bits per heavy atom. The molecule has 0 atom stereocenters. The molecule has 0 spiro atoms. The van der Waals surface area contributed by atoms with E-state index >= 15 is 0 Å². The van der Waals surface area contributed by atoms with Crippen LogP contribution in [0.15, 0.2) is 46.0 Å². The van der Waals surface area contributed by atoms with Crippen molar-refractivity contribution in [1.29, 1.82) is 0 Å². The van der Waals surface area contributed by atoms with Gasteiger partial charge >= 0.3 is 0 Å². The van der Waals surface area contributed by atoms with Crippen LogP contribution in [0, 0.1) is 5.82 Å². The number of sulfonamides is 1. The standard InChI is InChI=1S/C11H9BrFN3O2S/c12-7-3-1-4-8(13)10(7)16-19(17,18)11-9(14)5-2-6-15-11/h1-6,16H,14H2. The molecule has 19 heavy (non-hydrogen) atoms. The third-order valence-electron chi connectivity index (χ3n) is 2.25. The van der Waals surface area contributed by atoms with Crippen LogP contribution in [0.25, 0.3) is 0 Å². The van der Waals surface area contributed by atoms with E-state index in [9.17, 15) is 12.8 Å². The lowest BCUT2D eigenvalue weighted by Gasteiger charge is -2.11. The summed E-state index contributed by atoms with van der Waals surface area (Å²) in [6, 6.07) is 7.02. The van der Waals surface area contributed by atoms with Crippen molar-refractivity contribution in [3.05, 3.63) is 46.8 Å². The molecule has 0 aliphatic rings. The summed E-state index contributed by atoms with van der Waals surface area (Å²) >= 11 is 3.07. The van der Waals surface area contributed by atoms with Gasteiger partial charge in [0.2, 0.25) is 0 Å². The van der Waals surface area contributed by atoms with E-state index in [0.29, 0.717) is 0 Å². The number of nitrogen functional groups attached to an aromatic ring is 1. The molecular formula is C11H9BrFN3O2S. The zero-order valence-corrected chi connectivity index (χ0v) is 11.9. The number of anilines is 2. The van der Waals surface area contributed by atoms with Crippen molar-refractivity contribution in [2.45, 2.75) is 5.03 Å². The summed E-state index contributed by atoms with van der Waals surface area (Å²) < 4.78 is 40.2. The minimum atomic E-state index is -4.05. The van der Waals surface area contributed by atoms with Gasteiger partial charge in [0.15, 0.2) is 5.03 Å². The molecule has 1 aromatic carbocycles. The second-order valence-corrected chi connectivity index (χ2v) is 6.05. The van der Waals surface area contributed by atoms with Crippen LogP contribution in [0.3, 0.4) is 0 Å². The highest BCUT2D eigenvalue weighted by molar-refractivity contribution is 9.10. The van der Waals surface area contributed by atoms with Crippen molar-refractivity contribution in [3.8, 4) is 0 Å². The van der Waals surface area contributed by atoms with Crippen molar-refractivity contribution in [3.63, 3.8) is 0 Å². The predicted octanol–water partition coefficient (Wildman–Crippen LogP) is 2.37. The summed E-state index contributed by atoms with van der Waals surface area (Å²) in [7, 11) is -4.05. The third kappa shape index (κ3) is 2.85. The van der Waals surface area contributed by atoms with Crippen molar-refractivity contribution in [1.82, 2.24) is 4.98 Å². The molecule has 0 radical (unpaired) electrons. The van der Waals surface area contributed by atoms with Gasteiger partial charge < -0.3 is 5.73 Å². The van der Waals surface area contributed by atoms with E-state index in [1.807, 2.05) is 0 Å². The minimum absolute atomic E-state index is 0.0116. The first-order chi connectivity index (χ1) is 8.92. The van der Waals surface area contributed by atoms with E-state index in [1.165, 1.54) is 30.5 Å². The number of para-hydroxylation sites is 1. The third-order valence-corrected chi connectivity index (χ3v) is 4.24. The number of aromatic nitrogens is 1. The van der Waals surface area contributed by atoms with Crippen molar-refractivity contribution in [2.75, 3.05) is 10.5 Å². The number of nitrogens with zero attached hydrogens (tertiary/aromatic N) is 1. The maximum Gasteiger partial charge on any atom is 0.281 e. The number of nitrogens with two attached hydrogens (primary N) is 1. The van der Waals surface area contributed by atoms with Crippen LogP contribution < -0.4 is 10.5 Å². The molecule has 0 saturated heterocycles. The highest BCUT2D eigenvalue weighted by Crippen LogP contribution is 2.28. The van der Waals surface area contributed by atoms with Crippen LogP contribution >= 0.6 is 15.9 Å². The Bertz CT molecular complexity index is 701. The first kappa shape index (κ1) is 13.8. The van der Waals surface area contributed by atoms with Gasteiger partial charge in [-0.3, -0.25) is 4.72 Å². The van der Waals surface area contributed by atoms with Crippen LogP contribution in [-0.2, 0) is 10.0 Å². The fourth-order valence-electron chi connectivity index (χ4n) is 1.41. The predicted molar refractivity (Wildman–Crippen MR) is 73.6 cm³/mol. The molecule has 5 nitrogen and oxygen atoms in total. The minimum Gasteiger partial charge on any atom is -0.396 e. The zero-order chi connectivity index (χ0) is 14.0. The molecule has 8 heteroatoms. The number of nitrogens with one attached hydrogen (secondary N) is 1. The maximum absolute atomic E-state index is 13.6. The zero-order valence-electron chi connectivity index (χ0n) is 9.47. The normalized spacial score (nSPS) is 11.3. The summed E-state index contributed by atoms with van der Waals surface area (Å²) in [4.78, 5) is 3.69. The molecule has 2 aromatic rings. The molecule has 0 unspecified atom stereocenters. The molecule has 0 saturated carbocycles. The molecule has 0 amide bonds. The lowest BCUT2D eigenvalue weighted by molar-refractivity contribution is 0.595. The molecule has 0 aliphatic carbocycles. The van der Waals surface area contributed by atoms with Gasteiger partial charge in [0, 0.05) is 10.7 Å². The van der Waals surface area contributed by atoms with E-state index in [0.717, 1.165) is 6.07 Å². The lowest BCUT2D eigenvalue weighted by Crippen LogP contribution is -2.17. The molecule has 2 rings (SSSR count). The maximum atomic E-state index is 13.6. The molecule has 1 heterocycles. The van der Waals surface area contributed by atoms with Gasteiger partial charge in [0.1, 0.15) is 5.82 Å². The van der Waals surface area contributed by atoms with E-state index < -0.39 is 15.8 Å². The lowest BCUT2D eigenvalue weighted by atomic mass is 10.3. The Hall–Kier alpha value is -1.67. The highest BCUT2D eigenvalue weighted by atomic mass is 79.9. The average molecular weight is 346 g/mol. The summed E-state index contributed by atoms with van der Waals surface area (Å²) in [6.07, 6.45) is 1.29. The molecule has 3 N–H and O–H groups in total. The Kier molecular flexibility index (Phi) is 3.72. The molecule has 0 aliphatic heterocycles. The van der Waals surface area contributed by atoms with E-state index in [2.05, 4.69) is 25.6 Å².